The van der Waals surface area contributed by atoms with E-state index in [1.54, 1.807) is 24.3 Å². The minimum atomic E-state index is -1.06. The molecule has 2 amide bonds. The fourth-order valence-electron chi connectivity index (χ4n) is 1.50. The van der Waals surface area contributed by atoms with E-state index in [9.17, 15) is 14.4 Å². The predicted molar refractivity (Wildman–Crippen MR) is 81.1 cm³/mol. The summed E-state index contributed by atoms with van der Waals surface area (Å²) in [6.45, 7) is -0.114. The van der Waals surface area contributed by atoms with Crippen molar-refractivity contribution < 1.29 is 19.1 Å². The van der Waals surface area contributed by atoms with Gasteiger partial charge >= 0.3 is 5.97 Å². The number of carbonyl (C=O) groups is 3. The van der Waals surface area contributed by atoms with E-state index in [4.69, 9.17) is 0 Å². The maximum atomic E-state index is 11.9. The highest BCUT2D eigenvalue weighted by Crippen LogP contribution is 2.07. The molecule has 1 rings (SSSR count). The lowest BCUT2D eigenvalue weighted by atomic mass is 10.1. The summed E-state index contributed by atoms with van der Waals surface area (Å²) in [5.74, 6) is -2.59. The zero-order valence-electron chi connectivity index (χ0n) is 11.1. The Morgan fingerprint density at radius 2 is 1.85 bits per heavy atom. The first kappa shape index (κ1) is 16.4. The lowest BCUT2D eigenvalue weighted by Crippen LogP contribution is -2.42. The maximum absolute atomic E-state index is 11.9. The first-order valence-electron chi connectivity index (χ1n) is 5.82. The van der Waals surface area contributed by atoms with Crippen LogP contribution in [0, 0.1) is 9.49 Å². The number of methoxy groups -OCH3 is 1. The van der Waals surface area contributed by atoms with Crippen molar-refractivity contribution in [2.45, 2.75) is 0 Å². The first-order chi connectivity index (χ1) is 9.49. The molecule has 0 saturated carbocycles. The molecule has 7 heteroatoms. The average Bonchev–Trinajstić information content (AvgIpc) is 2.47. The summed E-state index contributed by atoms with van der Waals surface area (Å²) < 4.78 is 5.55. The summed E-state index contributed by atoms with van der Waals surface area (Å²) in [5, 5.41) is 4.91. The molecule has 0 fully saturated rings. The van der Waals surface area contributed by atoms with Gasteiger partial charge in [0, 0.05) is 22.7 Å². The Kier molecular flexibility index (Phi) is 6.43. The second kappa shape index (κ2) is 7.83. The van der Waals surface area contributed by atoms with Gasteiger partial charge in [-0.1, -0.05) is 0 Å². The Labute approximate surface area is 130 Å². The molecule has 0 heterocycles. The standard InChI is InChI=1S/C13H15IN2O4/c1-15-12(18)10(13(19)20-2)7-16-11(17)8-3-5-9(14)6-4-8/h3-6,10H,7H2,1-2H3,(H,15,18)(H,16,17). The molecule has 0 spiro atoms. The van der Waals surface area contributed by atoms with Crippen molar-refractivity contribution in [3.8, 4) is 0 Å². The smallest absolute Gasteiger partial charge is 0.320 e. The van der Waals surface area contributed by atoms with E-state index in [1.807, 2.05) is 0 Å². The van der Waals surface area contributed by atoms with Crippen LogP contribution in [0.5, 0.6) is 0 Å². The summed E-state index contributed by atoms with van der Waals surface area (Å²) in [7, 11) is 2.61. The molecule has 0 aliphatic carbocycles. The quantitative estimate of drug-likeness (QED) is 0.437. The van der Waals surface area contributed by atoms with Crippen molar-refractivity contribution in [3.63, 3.8) is 0 Å². The number of esters is 1. The number of hydrogen-bond acceptors (Lipinski definition) is 4. The minimum absolute atomic E-state index is 0.114. The molecule has 20 heavy (non-hydrogen) atoms. The van der Waals surface area contributed by atoms with Gasteiger partial charge in [-0.2, -0.15) is 0 Å². The van der Waals surface area contributed by atoms with E-state index < -0.39 is 17.8 Å². The molecule has 0 bridgehead atoms. The molecule has 1 aromatic rings. The summed E-state index contributed by atoms with van der Waals surface area (Å²) >= 11 is 2.13. The van der Waals surface area contributed by atoms with Crippen LogP contribution in [0.15, 0.2) is 24.3 Å². The topological polar surface area (TPSA) is 84.5 Å². The van der Waals surface area contributed by atoms with Gasteiger partial charge in [0.25, 0.3) is 5.91 Å². The molecule has 1 atom stereocenters. The Hall–Kier alpha value is -1.64. The molecule has 1 unspecified atom stereocenters. The molecule has 0 aromatic heterocycles. The largest absolute Gasteiger partial charge is 0.468 e. The van der Waals surface area contributed by atoms with E-state index in [-0.39, 0.29) is 12.5 Å². The van der Waals surface area contributed by atoms with Gasteiger partial charge in [-0.15, -0.1) is 0 Å². The molecule has 1 aromatic carbocycles. The number of nitrogens with one attached hydrogen (secondary N) is 2. The Balaban J connectivity index is 2.67. The zero-order valence-corrected chi connectivity index (χ0v) is 13.3. The van der Waals surface area contributed by atoms with Crippen LogP contribution < -0.4 is 10.6 Å². The lowest BCUT2D eigenvalue weighted by molar-refractivity contribution is -0.149. The Morgan fingerprint density at radius 3 is 2.35 bits per heavy atom. The number of halogens is 1. The van der Waals surface area contributed by atoms with Gasteiger partial charge in [0.15, 0.2) is 5.92 Å². The first-order valence-corrected chi connectivity index (χ1v) is 6.90. The van der Waals surface area contributed by atoms with Crippen LogP contribution in [0.4, 0.5) is 0 Å². The molecule has 2 N–H and O–H groups in total. The van der Waals surface area contributed by atoms with Crippen molar-refractivity contribution in [2.75, 3.05) is 20.7 Å². The van der Waals surface area contributed by atoms with Gasteiger partial charge in [0.1, 0.15) is 0 Å². The number of rotatable bonds is 5. The van der Waals surface area contributed by atoms with Crippen LogP contribution >= 0.6 is 22.6 Å². The van der Waals surface area contributed by atoms with E-state index in [0.29, 0.717) is 5.56 Å². The minimum Gasteiger partial charge on any atom is -0.468 e. The van der Waals surface area contributed by atoms with Crippen molar-refractivity contribution in [1.29, 1.82) is 0 Å². The predicted octanol–water partition coefficient (Wildman–Crippen LogP) is 0.556. The van der Waals surface area contributed by atoms with Gasteiger partial charge in [0.05, 0.1) is 7.11 Å². The molecular weight excluding hydrogens is 375 g/mol. The van der Waals surface area contributed by atoms with Crippen LogP contribution in [0.3, 0.4) is 0 Å². The molecule has 0 aliphatic rings. The van der Waals surface area contributed by atoms with E-state index in [2.05, 4.69) is 38.0 Å². The second-order valence-electron chi connectivity index (χ2n) is 3.91. The molecule has 6 nitrogen and oxygen atoms in total. The number of amides is 2. The van der Waals surface area contributed by atoms with Crippen molar-refractivity contribution in [2.24, 2.45) is 5.92 Å². The summed E-state index contributed by atoms with van der Waals surface area (Å²) in [6, 6.07) is 6.94. The van der Waals surface area contributed by atoms with E-state index in [0.717, 1.165) is 3.57 Å². The van der Waals surface area contributed by atoms with Gasteiger partial charge in [-0.05, 0) is 46.9 Å². The lowest BCUT2D eigenvalue weighted by Gasteiger charge is -2.14. The SMILES string of the molecule is CNC(=O)C(CNC(=O)c1ccc(I)cc1)C(=O)OC. The van der Waals surface area contributed by atoms with Crippen LogP contribution in [0.2, 0.25) is 0 Å². The number of hydrogen-bond donors (Lipinski definition) is 2. The van der Waals surface area contributed by atoms with Crippen LogP contribution in [-0.2, 0) is 14.3 Å². The normalized spacial score (nSPS) is 11.3. The molecule has 108 valence electrons. The highest BCUT2D eigenvalue weighted by atomic mass is 127. The van der Waals surface area contributed by atoms with Crippen LogP contribution in [0.1, 0.15) is 10.4 Å². The van der Waals surface area contributed by atoms with Crippen LogP contribution in [-0.4, -0.2) is 38.5 Å². The summed E-state index contributed by atoms with van der Waals surface area (Å²) in [5.41, 5.74) is 0.464. The van der Waals surface area contributed by atoms with Crippen molar-refractivity contribution in [3.05, 3.63) is 33.4 Å². The highest BCUT2D eigenvalue weighted by molar-refractivity contribution is 14.1. The number of carbonyl (C=O) groups excluding carboxylic acids is 3. The Morgan fingerprint density at radius 1 is 1.25 bits per heavy atom. The molecule has 0 radical (unpaired) electrons. The fourth-order valence-corrected chi connectivity index (χ4v) is 1.86. The number of ether oxygens (including phenoxy) is 1. The third kappa shape index (κ3) is 4.48. The van der Waals surface area contributed by atoms with Gasteiger partial charge < -0.3 is 15.4 Å². The van der Waals surface area contributed by atoms with Crippen molar-refractivity contribution in [1.82, 2.24) is 10.6 Å². The summed E-state index contributed by atoms with van der Waals surface area (Å²) in [6.07, 6.45) is 0. The molecular formula is C13H15IN2O4. The van der Waals surface area contributed by atoms with Gasteiger partial charge in [-0.25, -0.2) is 0 Å². The average molecular weight is 390 g/mol. The van der Waals surface area contributed by atoms with E-state index >= 15 is 0 Å². The van der Waals surface area contributed by atoms with Gasteiger partial charge in [-0.3, -0.25) is 14.4 Å². The highest BCUT2D eigenvalue weighted by Gasteiger charge is 2.27. The third-order valence-corrected chi connectivity index (χ3v) is 3.34. The van der Waals surface area contributed by atoms with Gasteiger partial charge in [0.2, 0.25) is 5.91 Å². The van der Waals surface area contributed by atoms with Crippen LogP contribution in [0.25, 0.3) is 0 Å². The Bertz CT molecular complexity index is 486. The summed E-state index contributed by atoms with van der Waals surface area (Å²) in [4.78, 5) is 34.9. The van der Waals surface area contributed by atoms with Crippen molar-refractivity contribution >= 4 is 40.4 Å². The molecule has 0 saturated heterocycles. The maximum Gasteiger partial charge on any atom is 0.320 e. The second-order valence-corrected chi connectivity index (χ2v) is 5.15. The number of benzene rings is 1. The zero-order chi connectivity index (χ0) is 15.1. The molecule has 0 aliphatic heterocycles. The third-order valence-electron chi connectivity index (χ3n) is 2.62. The van der Waals surface area contributed by atoms with E-state index in [1.165, 1.54) is 14.2 Å². The monoisotopic (exact) mass is 390 g/mol. The fraction of sp³-hybridized carbons (Fsp3) is 0.308.